The highest BCUT2D eigenvalue weighted by Crippen LogP contribution is 2.29. The Kier molecular flexibility index (Phi) is 2.02. The molecule has 0 atom stereocenters. The second kappa shape index (κ2) is 4.18. The van der Waals surface area contributed by atoms with E-state index in [1.807, 2.05) is 19.0 Å². The molecule has 0 aliphatic heterocycles. The molecule has 0 aliphatic carbocycles. The molecule has 1 heterocycles. The fraction of sp³-hybridized carbons (Fsp3) is 0.385. The molecule has 0 radical (unpaired) electrons. The summed E-state index contributed by atoms with van der Waals surface area (Å²) in [5, 5.41) is 10.6. The first-order valence-electron chi connectivity index (χ1n) is 6.78. The third-order valence-corrected chi connectivity index (χ3v) is 2.71. The summed E-state index contributed by atoms with van der Waals surface area (Å²) in [5.74, 6) is 0.134. The van der Waals surface area contributed by atoms with E-state index >= 15 is 0 Å². The molecule has 0 aliphatic rings. The monoisotopic (exact) mass is 221 g/mol. The van der Waals surface area contributed by atoms with Crippen molar-refractivity contribution in [2.75, 3.05) is 20.6 Å². The van der Waals surface area contributed by atoms with E-state index in [0.29, 0.717) is 17.3 Å². The van der Waals surface area contributed by atoms with Crippen molar-refractivity contribution < 1.29 is 9.22 Å². The Balaban J connectivity index is 2.58. The van der Waals surface area contributed by atoms with Gasteiger partial charge in [-0.3, -0.25) is 0 Å². The molecule has 0 amide bonds. The Morgan fingerprint density at radius 1 is 1.44 bits per heavy atom. The summed E-state index contributed by atoms with van der Waals surface area (Å²) >= 11 is 0. The molecule has 3 heteroatoms. The molecule has 2 aromatic rings. The van der Waals surface area contributed by atoms with Crippen molar-refractivity contribution in [2.24, 2.45) is 6.98 Å². The predicted molar refractivity (Wildman–Crippen MR) is 66.8 cm³/mol. The SMILES string of the molecule is [2H]C([2H])([2H])n1cc(CCN(C)C)c2c(O)cccc21. The number of rotatable bonds is 3. The number of phenols is 1. The summed E-state index contributed by atoms with van der Waals surface area (Å²) in [7, 11) is 3.92. The van der Waals surface area contributed by atoms with Gasteiger partial charge in [0.1, 0.15) is 5.75 Å². The van der Waals surface area contributed by atoms with Crippen LogP contribution in [0.15, 0.2) is 24.4 Å². The van der Waals surface area contributed by atoms with Gasteiger partial charge in [0.15, 0.2) is 0 Å². The second-order valence-corrected chi connectivity index (χ2v) is 4.25. The van der Waals surface area contributed by atoms with Crippen molar-refractivity contribution in [3.05, 3.63) is 30.0 Å². The summed E-state index contributed by atoms with van der Waals surface area (Å²) in [6.07, 6.45) is 2.32. The minimum absolute atomic E-state index is 0.134. The quantitative estimate of drug-likeness (QED) is 0.858. The minimum Gasteiger partial charge on any atom is -0.507 e. The van der Waals surface area contributed by atoms with Crippen LogP contribution in [0.2, 0.25) is 0 Å². The first kappa shape index (κ1) is 7.74. The van der Waals surface area contributed by atoms with Gasteiger partial charge in [0.25, 0.3) is 0 Å². The lowest BCUT2D eigenvalue weighted by molar-refractivity contribution is 0.413. The van der Waals surface area contributed by atoms with Crippen LogP contribution in [0.25, 0.3) is 10.9 Å². The Labute approximate surface area is 100 Å². The minimum atomic E-state index is -2.23. The van der Waals surface area contributed by atoms with Crippen LogP contribution in [0.5, 0.6) is 5.75 Å². The smallest absolute Gasteiger partial charge is 0.125 e. The van der Waals surface area contributed by atoms with Crippen molar-refractivity contribution in [3.8, 4) is 5.75 Å². The molecule has 0 unspecified atom stereocenters. The number of hydrogen-bond donors (Lipinski definition) is 1. The predicted octanol–water partition coefficient (Wildman–Crippen LogP) is 1.99. The van der Waals surface area contributed by atoms with E-state index in [1.54, 1.807) is 24.4 Å². The van der Waals surface area contributed by atoms with E-state index in [9.17, 15) is 5.11 Å². The lowest BCUT2D eigenvalue weighted by atomic mass is 10.1. The van der Waals surface area contributed by atoms with Crippen LogP contribution in [-0.2, 0) is 13.4 Å². The lowest BCUT2D eigenvalue weighted by Crippen LogP contribution is -2.14. The number of aromatic nitrogens is 1. The normalized spacial score (nSPS) is 15.1. The molecule has 1 N–H and O–H groups in total. The number of aryl methyl sites for hydroxylation is 1. The number of benzene rings is 1. The summed E-state index contributed by atoms with van der Waals surface area (Å²) < 4.78 is 23.9. The van der Waals surface area contributed by atoms with Gasteiger partial charge < -0.3 is 14.6 Å². The number of hydrogen-bond acceptors (Lipinski definition) is 2. The van der Waals surface area contributed by atoms with Crippen LogP contribution in [0.4, 0.5) is 0 Å². The van der Waals surface area contributed by atoms with Crippen molar-refractivity contribution >= 4 is 10.9 Å². The third-order valence-electron chi connectivity index (χ3n) is 2.71. The van der Waals surface area contributed by atoms with Gasteiger partial charge in [-0.2, -0.15) is 0 Å². The molecule has 2 rings (SSSR count). The average Bonchev–Trinajstić information content (AvgIpc) is 2.66. The average molecular weight is 221 g/mol. The Hall–Kier alpha value is -1.48. The van der Waals surface area contributed by atoms with Crippen LogP contribution < -0.4 is 0 Å². The molecule has 86 valence electrons. The first-order chi connectivity index (χ1) is 8.80. The van der Waals surface area contributed by atoms with Gasteiger partial charge in [0.05, 0.1) is 5.52 Å². The largest absolute Gasteiger partial charge is 0.507 e. The number of likely N-dealkylation sites (N-methyl/N-ethyl adjacent to an activating group) is 1. The van der Waals surface area contributed by atoms with E-state index in [2.05, 4.69) is 0 Å². The molecule has 0 saturated carbocycles. The Bertz CT molecular complexity index is 587. The Morgan fingerprint density at radius 2 is 2.25 bits per heavy atom. The van der Waals surface area contributed by atoms with Gasteiger partial charge in [-0.1, -0.05) is 6.07 Å². The fourth-order valence-electron chi connectivity index (χ4n) is 1.88. The molecule has 1 aromatic carbocycles. The summed E-state index contributed by atoms with van der Waals surface area (Å²) in [4.78, 5) is 2.03. The zero-order valence-electron chi connectivity index (χ0n) is 12.6. The third kappa shape index (κ3) is 1.91. The summed E-state index contributed by atoms with van der Waals surface area (Å²) in [6.45, 7) is -1.43. The van der Waals surface area contributed by atoms with Crippen molar-refractivity contribution in [3.63, 3.8) is 0 Å². The summed E-state index contributed by atoms with van der Waals surface area (Å²) in [6, 6.07) is 4.97. The fourth-order valence-corrected chi connectivity index (χ4v) is 1.88. The summed E-state index contributed by atoms with van der Waals surface area (Å²) in [5.41, 5.74) is 1.41. The first-order valence-corrected chi connectivity index (χ1v) is 5.28. The van der Waals surface area contributed by atoms with Crippen LogP contribution in [-0.4, -0.2) is 35.2 Å². The van der Waals surface area contributed by atoms with Gasteiger partial charge in [0.2, 0.25) is 0 Å². The van der Waals surface area contributed by atoms with Crippen molar-refractivity contribution in [1.29, 1.82) is 0 Å². The van der Waals surface area contributed by atoms with Gasteiger partial charge in [-0.15, -0.1) is 0 Å². The number of phenolic OH excluding ortho intramolecular Hbond substituents is 1. The van der Waals surface area contributed by atoms with Crippen LogP contribution in [0.1, 0.15) is 9.68 Å². The zero-order valence-corrected chi connectivity index (χ0v) is 9.57. The van der Waals surface area contributed by atoms with Gasteiger partial charge in [-0.25, -0.2) is 0 Å². The van der Waals surface area contributed by atoms with Gasteiger partial charge in [-0.05, 0) is 38.2 Å². The lowest BCUT2D eigenvalue weighted by Gasteiger charge is -2.08. The number of aromatic hydroxyl groups is 1. The second-order valence-electron chi connectivity index (χ2n) is 4.25. The molecular weight excluding hydrogens is 200 g/mol. The highest BCUT2D eigenvalue weighted by atomic mass is 16.3. The van der Waals surface area contributed by atoms with Gasteiger partial charge in [0, 0.05) is 29.2 Å². The zero-order chi connectivity index (χ0) is 14.2. The van der Waals surface area contributed by atoms with E-state index in [1.165, 1.54) is 4.57 Å². The molecular formula is C13H18N2O. The molecule has 1 aromatic heterocycles. The molecule has 0 bridgehead atoms. The van der Waals surface area contributed by atoms with E-state index < -0.39 is 6.98 Å². The molecule has 0 fully saturated rings. The molecule has 16 heavy (non-hydrogen) atoms. The topological polar surface area (TPSA) is 28.4 Å². The molecule has 3 nitrogen and oxygen atoms in total. The maximum absolute atomic E-state index is 9.99. The van der Waals surface area contributed by atoms with Gasteiger partial charge >= 0.3 is 0 Å². The van der Waals surface area contributed by atoms with E-state index in [0.717, 1.165) is 12.1 Å². The van der Waals surface area contributed by atoms with Crippen LogP contribution in [0, 0.1) is 0 Å². The maximum Gasteiger partial charge on any atom is 0.125 e. The highest BCUT2D eigenvalue weighted by molar-refractivity contribution is 5.89. The van der Waals surface area contributed by atoms with Crippen LogP contribution >= 0.6 is 0 Å². The Morgan fingerprint density at radius 3 is 2.94 bits per heavy atom. The molecule has 0 spiro atoms. The van der Waals surface area contributed by atoms with E-state index in [4.69, 9.17) is 4.11 Å². The van der Waals surface area contributed by atoms with Crippen molar-refractivity contribution in [1.82, 2.24) is 9.47 Å². The van der Waals surface area contributed by atoms with Crippen LogP contribution in [0.3, 0.4) is 0 Å². The number of nitrogens with zero attached hydrogens (tertiary/aromatic N) is 2. The molecule has 0 saturated heterocycles. The highest BCUT2D eigenvalue weighted by Gasteiger charge is 2.10. The maximum atomic E-state index is 9.99. The van der Waals surface area contributed by atoms with E-state index in [-0.39, 0.29) is 5.75 Å². The standard InChI is InChI=1S/C13H18N2O/c1-14(2)8-7-10-9-15(3)11-5-4-6-12(16)13(10)11/h4-6,9,16H,7-8H2,1-3H3/i3D3. The van der Waals surface area contributed by atoms with Crippen molar-refractivity contribution in [2.45, 2.75) is 6.42 Å². The number of fused-ring (bicyclic) bond motifs is 1.